The number of nitrogens with zero attached hydrogens (tertiary/aromatic N) is 1. The van der Waals surface area contributed by atoms with Gasteiger partial charge in [0.05, 0.1) is 0 Å². The van der Waals surface area contributed by atoms with Gasteiger partial charge in [-0.05, 0) is 71.8 Å². The molecule has 0 saturated carbocycles. The van der Waals surface area contributed by atoms with Gasteiger partial charge in [-0.1, -0.05) is 77.9 Å². The van der Waals surface area contributed by atoms with Crippen LogP contribution in [0.3, 0.4) is 0 Å². The molecule has 0 aromatic heterocycles. The van der Waals surface area contributed by atoms with Crippen LogP contribution in [0.15, 0.2) is 103 Å². The lowest BCUT2D eigenvalue weighted by Gasteiger charge is -2.26. The minimum absolute atomic E-state index is 1.17. The fourth-order valence-corrected chi connectivity index (χ4v) is 3.96. The molecule has 0 unspecified atom stereocenters. The van der Waals surface area contributed by atoms with Gasteiger partial charge in [0.25, 0.3) is 0 Å². The average molecular weight is 373 g/mol. The van der Waals surface area contributed by atoms with Crippen LogP contribution in [0.5, 0.6) is 0 Å². The molecule has 0 N–H and O–H groups in total. The van der Waals surface area contributed by atoms with Crippen LogP contribution in [0.25, 0.3) is 21.5 Å². The van der Waals surface area contributed by atoms with Gasteiger partial charge in [0, 0.05) is 17.1 Å². The second-order valence-electron chi connectivity index (χ2n) is 7.70. The fraction of sp³-hybridized carbons (Fsp3) is 0.0714. The number of anilines is 3. The first kappa shape index (κ1) is 17.5. The third-order valence-corrected chi connectivity index (χ3v) is 5.57. The molecule has 0 aliphatic rings. The molecular formula is C28H23N. The number of rotatable bonds is 3. The number of benzene rings is 5. The standard InChI is InChI=1S/C28H23N/c1-20-7-14-24(15-8-20)29(25-16-9-21(2)10-17-25)26-18-13-23-12-11-22-5-3-4-6-27(22)28(23)19-26/h3-19H,1-2H3. The number of aryl methyl sites for hydroxylation is 2. The van der Waals surface area contributed by atoms with Gasteiger partial charge >= 0.3 is 0 Å². The SMILES string of the molecule is Cc1ccc(N(c2ccc(C)cc2)c2ccc3ccc4ccccc4c3c2)cc1. The highest BCUT2D eigenvalue weighted by molar-refractivity contribution is 6.08. The van der Waals surface area contributed by atoms with E-state index in [-0.39, 0.29) is 0 Å². The van der Waals surface area contributed by atoms with Crippen molar-refractivity contribution >= 4 is 38.6 Å². The van der Waals surface area contributed by atoms with E-state index in [2.05, 4.69) is 122 Å². The van der Waals surface area contributed by atoms with Crippen molar-refractivity contribution < 1.29 is 0 Å². The van der Waals surface area contributed by atoms with Gasteiger partial charge in [-0.15, -0.1) is 0 Å². The van der Waals surface area contributed by atoms with E-state index in [0.29, 0.717) is 0 Å². The summed E-state index contributed by atoms with van der Waals surface area (Å²) in [5.74, 6) is 0. The zero-order valence-corrected chi connectivity index (χ0v) is 16.8. The zero-order chi connectivity index (χ0) is 19.8. The van der Waals surface area contributed by atoms with Gasteiger partial charge in [-0.2, -0.15) is 0 Å². The molecule has 0 saturated heterocycles. The summed E-state index contributed by atoms with van der Waals surface area (Å²) in [5.41, 5.74) is 6.03. The second-order valence-corrected chi connectivity index (χ2v) is 7.70. The first-order valence-corrected chi connectivity index (χ1v) is 10.0. The summed E-state index contributed by atoms with van der Waals surface area (Å²) in [5, 5.41) is 5.11. The normalized spacial score (nSPS) is 11.1. The van der Waals surface area contributed by atoms with Gasteiger partial charge in [-0.3, -0.25) is 0 Å². The molecule has 0 heterocycles. The summed E-state index contributed by atoms with van der Waals surface area (Å²) in [6.07, 6.45) is 0. The van der Waals surface area contributed by atoms with Crippen LogP contribution in [0.1, 0.15) is 11.1 Å². The molecule has 0 aliphatic heterocycles. The Kier molecular flexibility index (Phi) is 4.29. The Morgan fingerprint density at radius 3 is 1.55 bits per heavy atom. The molecule has 0 aliphatic carbocycles. The summed E-state index contributed by atoms with van der Waals surface area (Å²) in [7, 11) is 0. The fourth-order valence-electron chi connectivity index (χ4n) is 3.96. The maximum absolute atomic E-state index is 2.33. The second kappa shape index (κ2) is 7.10. The van der Waals surface area contributed by atoms with Crippen molar-refractivity contribution in [1.82, 2.24) is 0 Å². The highest BCUT2D eigenvalue weighted by Crippen LogP contribution is 2.37. The van der Waals surface area contributed by atoms with Crippen molar-refractivity contribution in [1.29, 1.82) is 0 Å². The molecule has 0 radical (unpaired) electrons. The molecule has 5 rings (SSSR count). The molecule has 29 heavy (non-hydrogen) atoms. The molecule has 0 atom stereocenters. The van der Waals surface area contributed by atoms with Crippen molar-refractivity contribution in [2.45, 2.75) is 13.8 Å². The Morgan fingerprint density at radius 1 is 0.448 bits per heavy atom. The van der Waals surface area contributed by atoms with Crippen molar-refractivity contribution in [3.05, 3.63) is 114 Å². The Morgan fingerprint density at radius 2 is 0.931 bits per heavy atom. The zero-order valence-electron chi connectivity index (χ0n) is 16.8. The van der Waals surface area contributed by atoms with E-state index >= 15 is 0 Å². The molecule has 0 fully saturated rings. The van der Waals surface area contributed by atoms with Gasteiger partial charge in [0.15, 0.2) is 0 Å². The lowest BCUT2D eigenvalue weighted by molar-refractivity contribution is 1.27. The molecular weight excluding hydrogens is 350 g/mol. The van der Waals surface area contributed by atoms with Gasteiger partial charge < -0.3 is 4.90 Å². The largest absolute Gasteiger partial charge is 0.310 e. The molecule has 1 nitrogen and oxygen atoms in total. The minimum atomic E-state index is 1.17. The third-order valence-electron chi connectivity index (χ3n) is 5.57. The van der Waals surface area contributed by atoms with Crippen LogP contribution in [-0.4, -0.2) is 0 Å². The van der Waals surface area contributed by atoms with Crippen LogP contribution < -0.4 is 4.90 Å². The van der Waals surface area contributed by atoms with E-state index in [0.717, 1.165) is 0 Å². The number of hydrogen-bond donors (Lipinski definition) is 0. The van der Waals surface area contributed by atoms with Crippen LogP contribution >= 0.6 is 0 Å². The number of fused-ring (bicyclic) bond motifs is 3. The molecule has 0 bridgehead atoms. The van der Waals surface area contributed by atoms with E-state index in [1.54, 1.807) is 0 Å². The van der Waals surface area contributed by atoms with Crippen LogP contribution in [0.2, 0.25) is 0 Å². The van der Waals surface area contributed by atoms with Crippen LogP contribution in [0.4, 0.5) is 17.1 Å². The van der Waals surface area contributed by atoms with E-state index < -0.39 is 0 Å². The molecule has 5 aromatic rings. The van der Waals surface area contributed by atoms with Crippen molar-refractivity contribution in [3.63, 3.8) is 0 Å². The summed E-state index contributed by atoms with van der Waals surface area (Å²) in [6, 6.07) is 37.3. The van der Waals surface area contributed by atoms with Gasteiger partial charge in [0.2, 0.25) is 0 Å². The number of hydrogen-bond acceptors (Lipinski definition) is 1. The Hall–Kier alpha value is -3.58. The summed E-state index contributed by atoms with van der Waals surface area (Å²) >= 11 is 0. The maximum atomic E-state index is 2.33. The highest BCUT2D eigenvalue weighted by atomic mass is 15.1. The van der Waals surface area contributed by atoms with Crippen LogP contribution in [-0.2, 0) is 0 Å². The quantitative estimate of drug-likeness (QED) is 0.289. The highest BCUT2D eigenvalue weighted by Gasteiger charge is 2.13. The molecule has 0 amide bonds. The van der Waals surface area contributed by atoms with Crippen LogP contribution in [0, 0.1) is 13.8 Å². The van der Waals surface area contributed by atoms with E-state index in [1.165, 1.54) is 49.7 Å². The van der Waals surface area contributed by atoms with Gasteiger partial charge in [-0.25, -0.2) is 0 Å². The monoisotopic (exact) mass is 373 g/mol. The van der Waals surface area contributed by atoms with E-state index in [4.69, 9.17) is 0 Å². The predicted molar refractivity (Wildman–Crippen MR) is 126 cm³/mol. The maximum Gasteiger partial charge on any atom is 0.0468 e. The summed E-state index contributed by atoms with van der Waals surface area (Å²) in [6.45, 7) is 4.25. The lowest BCUT2D eigenvalue weighted by atomic mass is 10.0. The van der Waals surface area contributed by atoms with E-state index in [9.17, 15) is 0 Å². The Bertz CT molecular complexity index is 1250. The molecule has 1 heteroatoms. The molecule has 140 valence electrons. The average Bonchev–Trinajstić information content (AvgIpc) is 2.76. The first-order valence-electron chi connectivity index (χ1n) is 10.0. The smallest absolute Gasteiger partial charge is 0.0468 e. The molecule has 0 spiro atoms. The van der Waals surface area contributed by atoms with Crippen molar-refractivity contribution in [3.8, 4) is 0 Å². The Balaban J connectivity index is 1.74. The Labute approximate surface area is 171 Å². The van der Waals surface area contributed by atoms with Crippen molar-refractivity contribution in [2.24, 2.45) is 0 Å². The minimum Gasteiger partial charge on any atom is -0.310 e. The third kappa shape index (κ3) is 3.25. The topological polar surface area (TPSA) is 3.24 Å². The van der Waals surface area contributed by atoms with E-state index in [1.807, 2.05) is 0 Å². The van der Waals surface area contributed by atoms with Crippen molar-refractivity contribution in [2.75, 3.05) is 4.90 Å². The summed E-state index contributed by atoms with van der Waals surface area (Å²) in [4.78, 5) is 2.33. The molecule has 5 aromatic carbocycles. The lowest BCUT2D eigenvalue weighted by Crippen LogP contribution is -2.09. The summed E-state index contributed by atoms with van der Waals surface area (Å²) < 4.78 is 0. The predicted octanol–water partition coefficient (Wildman–Crippen LogP) is 8.08. The van der Waals surface area contributed by atoms with Gasteiger partial charge in [0.1, 0.15) is 0 Å². The first-order chi connectivity index (χ1) is 14.2.